The summed E-state index contributed by atoms with van der Waals surface area (Å²) < 4.78 is 0. The van der Waals surface area contributed by atoms with E-state index in [0.29, 0.717) is 6.04 Å². The summed E-state index contributed by atoms with van der Waals surface area (Å²) in [7, 11) is 2.21. The third-order valence-corrected chi connectivity index (χ3v) is 4.85. The van der Waals surface area contributed by atoms with Gasteiger partial charge in [0.2, 0.25) is 0 Å². The molecular formula is C17H29N3. The van der Waals surface area contributed by atoms with Gasteiger partial charge in [0.25, 0.3) is 0 Å². The van der Waals surface area contributed by atoms with Crippen LogP contribution in [0.5, 0.6) is 0 Å². The molecule has 3 nitrogen and oxygen atoms in total. The average molecular weight is 275 g/mol. The maximum Gasteiger partial charge on any atom is 0.0373 e. The van der Waals surface area contributed by atoms with Crippen LogP contribution in [0.25, 0.3) is 0 Å². The molecule has 3 heteroatoms. The van der Waals surface area contributed by atoms with Crippen molar-refractivity contribution in [1.82, 2.24) is 9.80 Å². The van der Waals surface area contributed by atoms with Crippen LogP contribution >= 0.6 is 0 Å². The Bertz CT molecular complexity index is 400. The van der Waals surface area contributed by atoms with E-state index >= 15 is 0 Å². The van der Waals surface area contributed by atoms with Crippen molar-refractivity contribution in [1.29, 1.82) is 0 Å². The van der Waals surface area contributed by atoms with E-state index < -0.39 is 0 Å². The van der Waals surface area contributed by atoms with Crippen molar-refractivity contribution in [3.63, 3.8) is 0 Å². The molecule has 2 N–H and O–H groups in total. The van der Waals surface area contributed by atoms with Gasteiger partial charge in [0.1, 0.15) is 0 Å². The molecule has 0 aliphatic carbocycles. The lowest BCUT2D eigenvalue weighted by molar-refractivity contribution is 0.000489. The molecule has 1 aromatic carbocycles. The standard InChI is InChI=1S/C17H29N3/c1-4-17(14-18,12-16-8-6-5-7-9-16)20-11-10-19(3)13-15(20)2/h5-9,15H,4,10-14,18H2,1-3H3. The fraction of sp³-hybridized carbons (Fsp3) is 0.647. The van der Waals surface area contributed by atoms with E-state index in [4.69, 9.17) is 5.73 Å². The number of piperazine rings is 1. The van der Waals surface area contributed by atoms with Crippen molar-refractivity contribution < 1.29 is 0 Å². The molecule has 20 heavy (non-hydrogen) atoms. The molecule has 0 amide bonds. The van der Waals surface area contributed by atoms with Crippen molar-refractivity contribution >= 4 is 0 Å². The molecule has 1 aliphatic rings. The Morgan fingerprint density at radius 2 is 1.95 bits per heavy atom. The first kappa shape index (κ1) is 15.5. The maximum atomic E-state index is 6.24. The zero-order valence-corrected chi connectivity index (χ0v) is 13.2. The third-order valence-electron chi connectivity index (χ3n) is 4.85. The summed E-state index contributed by atoms with van der Waals surface area (Å²) in [5.41, 5.74) is 7.73. The summed E-state index contributed by atoms with van der Waals surface area (Å²) in [6, 6.07) is 11.3. The van der Waals surface area contributed by atoms with Gasteiger partial charge >= 0.3 is 0 Å². The summed E-state index contributed by atoms with van der Waals surface area (Å²) in [6.45, 7) is 8.74. The van der Waals surface area contributed by atoms with Crippen LogP contribution in [0.2, 0.25) is 0 Å². The van der Waals surface area contributed by atoms with Gasteiger partial charge in [-0.3, -0.25) is 4.90 Å². The first-order chi connectivity index (χ1) is 9.61. The van der Waals surface area contributed by atoms with Crippen molar-refractivity contribution in [3.8, 4) is 0 Å². The number of benzene rings is 1. The van der Waals surface area contributed by atoms with Gasteiger partial charge in [0.15, 0.2) is 0 Å². The van der Waals surface area contributed by atoms with Crippen LogP contribution < -0.4 is 5.73 Å². The number of hydrogen-bond donors (Lipinski definition) is 1. The van der Waals surface area contributed by atoms with E-state index in [2.05, 4.69) is 61.0 Å². The minimum Gasteiger partial charge on any atom is -0.329 e. The summed E-state index contributed by atoms with van der Waals surface area (Å²) in [4.78, 5) is 5.07. The van der Waals surface area contributed by atoms with E-state index in [-0.39, 0.29) is 5.54 Å². The topological polar surface area (TPSA) is 32.5 Å². The maximum absolute atomic E-state index is 6.24. The van der Waals surface area contributed by atoms with Crippen LogP contribution in [0.15, 0.2) is 30.3 Å². The first-order valence-electron chi connectivity index (χ1n) is 7.80. The van der Waals surface area contributed by atoms with Crippen LogP contribution in [0.1, 0.15) is 25.8 Å². The highest BCUT2D eigenvalue weighted by Crippen LogP contribution is 2.28. The highest BCUT2D eigenvalue weighted by molar-refractivity contribution is 5.19. The Morgan fingerprint density at radius 1 is 1.25 bits per heavy atom. The lowest BCUT2D eigenvalue weighted by Gasteiger charge is -2.50. The molecule has 2 atom stereocenters. The fourth-order valence-electron chi connectivity index (χ4n) is 3.58. The van der Waals surface area contributed by atoms with Crippen molar-refractivity contribution in [2.75, 3.05) is 33.2 Å². The molecule has 0 saturated carbocycles. The van der Waals surface area contributed by atoms with Crippen LogP contribution in [0.4, 0.5) is 0 Å². The van der Waals surface area contributed by atoms with E-state index in [1.165, 1.54) is 5.56 Å². The number of rotatable bonds is 5. The quantitative estimate of drug-likeness (QED) is 0.892. The van der Waals surface area contributed by atoms with Crippen molar-refractivity contribution in [3.05, 3.63) is 35.9 Å². The second kappa shape index (κ2) is 6.70. The zero-order valence-electron chi connectivity index (χ0n) is 13.2. The summed E-state index contributed by atoms with van der Waals surface area (Å²) in [5, 5.41) is 0. The first-order valence-corrected chi connectivity index (χ1v) is 7.80. The molecule has 1 aromatic rings. The van der Waals surface area contributed by atoms with Crippen molar-refractivity contribution in [2.45, 2.75) is 38.3 Å². The largest absolute Gasteiger partial charge is 0.329 e. The smallest absolute Gasteiger partial charge is 0.0373 e. The number of hydrogen-bond acceptors (Lipinski definition) is 3. The molecular weight excluding hydrogens is 246 g/mol. The van der Waals surface area contributed by atoms with Gasteiger partial charge < -0.3 is 10.6 Å². The second-order valence-corrected chi connectivity index (χ2v) is 6.25. The van der Waals surface area contributed by atoms with E-state index in [1.54, 1.807) is 0 Å². The van der Waals surface area contributed by atoms with Gasteiger partial charge in [-0.25, -0.2) is 0 Å². The predicted molar refractivity (Wildman–Crippen MR) is 85.9 cm³/mol. The predicted octanol–water partition coefficient (Wildman–Crippen LogP) is 1.97. The van der Waals surface area contributed by atoms with Gasteiger partial charge in [-0.1, -0.05) is 37.3 Å². The molecule has 2 rings (SSSR count). The molecule has 1 saturated heterocycles. The van der Waals surface area contributed by atoms with E-state index in [1.807, 2.05) is 0 Å². The van der Waals surface area contributed by atoms with Gasteiger partial charge in [-0.05, 0) is 32.4 Å². The van der Waals surface area contributed by atoms with E-state index in [9.17, 15) is 0 Å². The van der Waals surface area contributed by atoms with Gasteiger partial charge in [0, 0.05) is 37.8 Å². The van der Waals surface area contributed by atoms with Gasteiger partial charge in [0.05, 0.1) is 0 Å². The molecule has 2 unspecified atom stereocenters. The summed E-state index contributed by atoms with van der Waals surface area (Å²) >= 11 is 0. The van der Waals surface area contributed by atoms with Crippen LogP contribution in [-0.2, 0) is 6.42 Å². The van der Waals surface area contributed by atoms with Crippen LogP contribution in [-0.4, -0.2) is 54.6 Å². The molecule has 1 aliphatic heterocycles. The average Bonchev–Trinajstić information content (AvgIpc) is 2.46. The van der Waals surface area contributed by atoms with Gasteiger partial charge in [-0.2, -0.15) is 0 Å². The molecule has 0 bridgehead atoms. The molecule has 1 fully saturated rings. The highest BCUT2D eigenvalue weighted by Gasteiger charge is 2.38. The van der Waals surface area contributed by atoms with Crippen molar-refractivity contribution in [2.24, 2.45) is 5.73 Å². The Morgan fingerprint density at radius 3 is 2.50 bits per heavy atom. The fourth-order valence-corrected chi connectivity index (χ4v) is 3.58. The molecule has 0 spiro atoms. The van der Waals surface area contributed by atoms with Gasteiger partial charge in [-0.15, -0.1) is 0 Å². The molecule has 0 aromatic heterocycles. The minimum atomic E-state index is 0.0992. The summed E-state index contributed by atoms with van der Waals surface area (Å²) in [6.07, 6.45) is 2.15. The molecule has 0 radical (unpaired) electrons. The normalized spacial score (nSPS) is 24.5. The summed E-state index contributed by atoms with van der Waals surface area (Å²) in [5.74, 6) is 0. The lowest BCUT2D eigenvalue weighted by Crippen LogP contribution is -2.64. The third kappa shape index (κ3) is 3.22. The highest BCUT2D eigenvalue weighted by atomic mass is 15.3. The molecule has 1 heterocycles. The van der Waals surface area contributed by atoms with Crippen LogP contribution in [0, 0.1) is 0 Å². The lowest BCUT2D eigenvalue weighted by atomic mass is 9.84. The number of likely N-dealkylation sites (N-methyl/N-ethyl adjacent to an activating group) is 1. The Balaban J connectivity index is 2.20. The minimum absolute atomic E-state index is 0.0992. The van der Waals surface area contributed by atoms with E-state index in [0.717, 1.165) is 39.0 Å². The Kier molecular flexibility index (Phi) is 5.19. The number of nitrogens with zero attached hydrogens (tertiary/aromatic N) is 2. The Labute approximate surface area is 123 Å². The zero-order chi connectivity index (χ0) is 14.6. The molecule has 112 valence electrons. The number of nitrogens with two attached hydrogens (primary N) is 1. The monoisotopic (exact) mass is 275 g/mol. The second-order valence-electron chi connectivity index (χ2n) is 6.25. The Hall–Kier alpha value is -0.900. The SMILES string of the molecule is CCC(CN)(Cc1ccccc1)N1CCN(C)CC1C. The van der Waals surface area contributed by atoms with Crippen LogP contribution in [0.3, 0.4) is 0 Å².